The molecule has 0 radical (unpaired) electrons. The molecule has 0 amide bonds. The molecule has 1 saturated carbocycles. The molecule has 1 heteroatoms. The van der Waals surface area contributed by atoms with Gasteiger partial charge in [-0.1, -0.05) is 34.1 Å². The van der Waals surface area contributed by atoms with E-state index in [9.17, 15) is 5.11 Å². The Morgan fingerprint density at radius 2 is 1.92 bits per heavy atom. The predicted octanol–water partition coefficient (Wildman–Crippen LogP) is 3.08. The van der Waals surface area contributed by atoms with Gasteiger partial charge < -0.3 is 5.11 Å². The van der Waals surface area contributed by atoms with E-state index in [1.54, 1.807) is 0 Å². The molecule has 5 unspecified atom stereocenters. The first-order valence-corrected chi connectivity index (χ1v) is 5.76. The van der Waals surface area contributed by atoms with Gasteiger partial charge in [0.1, 0.15) is 0 Å². The predicted molar refractivity (Wildman–Crippen MR) is 56.5 cm³/mol. The van der Waals surface area contributed by atoms with Crippen LogP contribution in [0.4, 0.5) is 0 Å². The number of aliphatic hydroxyl groups excluding tert-OH is 1. The second-order valence-electron chi connectivity index (χ2n) is 4.95. The zero-order chi connectivity index (χ0) is 10.0. The highest BCUT2D eigenvalue weighted by Gasteiger charge is 2.35. The molecule has 0 heterocycles. The quantitative estimate of drug-likeness (QED) is 0.699. The Balaban J connectivity index is 2.58. The van der Waals surface area contributed by atoms with Gasteiger partial charge in [0.2, 0.25) is 0 Å². The van der Waals surface area contributed by atoms with Gasteiger partial charge in [-0.05, 0) is 36.5 Å². The molecule has 0 aliphatic heterocycles. The third-order valence-corrected chi connectivity index (χ3v) is 4.13. The van der Waals surface area contributed by atoms with Crippen molar-refractivity contribution in [3.05, 3.63) is 0 Å². The minimum absolute atomic E-state index is 0.0623. The molecule has 1 aliphatic rings. The van der Waals surface area contributed by atoms with Crippen LogP contribution in [0.3, 0.4) is 0 Å². The summed E-state index contributed by atoms with van der Waals surface area (Å²) in [4.78, 5) is 0. The molecular weight excluding hydrogens is 160 g/mol. The maximum atomic E-state index is 9.96. The van der Waals surface area contributed by atoms with Gasteiger partial charge >= 0.3 is 0 Å². The molecule has 0 aromatic heterocycles. The molecule has 0 aromatic carbocycles. The van der Waals surface area contributed by atoms with Gasteiger partial charge in [0.05, 0.1) is 6.10 Å². The van der Waals surface area contributed by atoms with E-state index in [1.807, 2.05) is 0 Å². The van der Waals surface area contributed by atoms with Gasteiger partial charge in [-0.15, -0.1) is 0 Å². The summed E-state index contributed by atoms with van der Waals surface area (Å²) >= 11 is 0. The molecule has 0 bridgehead atoms. The second-order valence-corrected chi connectivity index (χ2v) is 4.95. The number of hydrogen-bond acceptors (Lipinski definition) is 1. The summed E-state index contributed by atoms with van der Waals surface area (Å²) in [6, 6.07) is 0. The zero-order valence-corrected chi connectivity index (χ0v) is 9.46. The molecular formula is C12H24O. The lowest BCUT2D eigenvalue weighted by molar-refractivity contribution is -0.0154. The Kier molecular flexibility index (Phi) is 3.78. The van der Waals surface area contributed by atoms with Crippen molar-refractivity contribution in [2.24, 2.45) is 23.7 Å². The van der Waals surface area contributed by atoms with Crippen LogP contribution in [0, 0.1) is 23.7 Å². The van der Waals surface area contributed by atoms with Crippen LogP contribution in [0.15, 0.2) is 0 Å². The molecule has 13 heavy (non-hydrogen) atoms. The van der Waals surface area contributed by atoms with Crippen molar-refractivity contribution in [2.75, 3.05) is 0 Å². The molecule has 1 aliphatic carbocycles. The van der Waals surface area contributed by atoms with Gasteiger partial charge in [0.15, 0.2) is 0 Å². The van der Waals surface area contributed by atoms with E-state index < -0.39 is 0 Å². The summed E-state index contributed by atoms with van der Waals surface area (Å²) in [7, 11) is 0. The Morgan fingerprint density at radius 1 is 1.31 bits per heavy atom. The molecule has 0 saturated heterocycles. The summed E-state index contributed by atoms with van der Waals surface area (Å²) in [5.41, 5.74) is 0. The highest BCUT2D eigenvalue weighted by atomic mass is 16.3. The third kappa shape index (κ3) is 2.25. The average Bonchev–Trinajstić information content (AvgIpc) is 2.13. The van der Waals surface area contributed by atoms with Gasteiger partial charge in [-0.25, -0.2) is 0 Å². The molecule has 0 aromatic rings. The number of hydrogen-bond donors (Lipinski definition) is 1. The van der Waals surface area contributed by atoms with E-state index in [0.717, 1.165) is 11.8 Å². The first-order valence-electron chi connectivity index (χ1n) is 5.76. The lowest BCUT2D eigenvalue weighted by Crippen LogP contribution is -2.38. The Bertz CT molecular complexity index is 155. The van der Waals surface area contributed by atoms with Crippen LogP contribution < -0.4 is 0 Å². The first-order chi connectivity index (χ1) is 6.07. The van der Waals surface area contributed by atoms with Crippen molar-refractivity contribution in [3.8, 4) is 0 Å². The Labute approximate surface area is 82.5 Å². The summed E-state index contributed by atoms with van der Waals surface area (Å²) in [5.74, 6) is 2.53. The topological polar surface area (TPSA) is 20.2 Å². The first kappa shape index (κ1) is 11.0. The monoisotopic (exact) mass is 184 g/mol. The van der Waals surface area contributed by atoms with Crippen molar-refractivity contribution in [1.82, 2.24) is 0 Å². The maximum Gasteiger partial charge on any atom is 0.0594 e. The van der Waals surface area contributed by atoms with E-state index in [2.05, 4.69) is 27.7 Å². The van der Waals surface area contributed by atoms with Crippen LogP contribution in [0.5, 0.6) is 0 Å². The van der Waals surface area contributed by atoms with E-state index >= 15 is 0 Å². The van der Waals surface area contributed by atoms with Crippen LogP contribution in [-0.4, -0.2) is 11.2 Å². The Hall–Kier alpha value is -0.0400. The zero-order valence-electron chi connectivity index (χ0n) is 9.46. The van der Waals surface area contributed by atoms with Gasteiger partial charge in [-0.2, -0.15) is 0 Å². The van der Waals surface area contributed by atoms with Crippen LogP contribution in [0.1, 0.15) is 47.0 Å². The maximum absolute atomic E-state index is 9.96. The van der Waals surface area contributed by atoms with Crippen LogP contribution in [0.2, 0.25) is 0 Å². The SMILES string of the molecule is CCC(C)C1CCC(C)C(O)C1C. The lowest BCUT2D eigenvalue weighted by atomic mass is 9.68. The van der Waals surface area contributed by atoms with Crippen LogP contribution in [0.25, 0.3) is 0 Å². The van der Waals surface area contributed by atoms with E-state index in [-0.39, 0.29) is 6.10 Å². The molecule has 1 N–H and O–H groups in total. The molecule has 0 spiro atoms. The lowest BCUT2D eigenvalue weighted by Gasteiger charge is -2.40. The molecule has 1 rings (SSSR count). The molecule has 1 fully saturated rings. The van der Waals surface area contributed by atoms with E-state index in [4.69, 9.17) is 0 Å². The fourth-order valence-corrected chi connectivity index (χ4v) is 2.77. The van der Waals surface area contributed by atoms with Crippen LogP contribution in [-0.2, 0) is 0 Å². The van der Waals surface area contributed by atoms with Gasteiger partial charge in [0.25, 0.3) is 0 Å². The van der Waals surface area contributed by atoms with Crippen molar-refractivity contribution >= 4 is 0 Å². The molecule has 1 nitrogen and oxygen atoms in total. The third-order valence-electron chi connectivity index (χ3n) is 4.13. The van der Waals surface area contributed by atoms with Crippen molar-refractivity contribution in [3.63, 3.8) is 0 Å². The largest absolute Gasteiger partial charge is 0.393 e. The average molecular weight is 184 g/mol. The van der Waals surface area contributed by atoms with Gasteiger partial charge in [-0.3, -0.25) is 0 Å². The summed E-state index contributed by atoms with van der Waals surface area (Å²) in [6.45, 7) is 8.97. The van der Waals surface area contributed by atoms with E-state index in [1.165, 1.54) is 19.3 Å². The van der Waals surface area contributed by atoms with Crippen molar-refractivity contribution in [1.29, 1.82) is 0 Å². The highest BCUT2D eigenvalue weighted by molar-refractivity contribution is 4.85. The smallest absolute Gasteiger partial charge is 0.0594 e. The minimum atomic E-state index is -0.0623. The van der Waals surface area contributed by atoms with Crippen molar-refractivity contribution < 1.29 is 5.11 Å². The normalized spacial score (nSPS) is 43.2. The molecule has 78 valence electrons. The van der Waals surface area contributed by atoms with Gasteiger partial charge in [0, 0.05) is 0 Å². The summed E-state index contributed by atoms with van der Waals surface area (Å²) < 4.78 is 0. The summed E-state index contributed by atoms with van der Waals surface area (Å²) in [5, 5.41) is 9.96. The number of rotatable bonds is 2. The van der Waals surface area contributed by atoms with E-state index in [0.29, 0.717) is 11.8 Å². The Morgan fingerprint density at radius 3 is 2.46 bits per heavy atom. The minimum Gasteiger partial charge on any atom is -0.393 e. The second kappa shape index (κ2) is 4.45. The summed E-state index contributed by atoms with van der Waals surface area (Å²) in [6.07, 6.45) is 3.71. The molecule has 5 atom stereocenters. The highest BCUT2D eigenvalue weighted by Crippen LogP contribution is 2.38. The number of aliphatic hydroxyl groups is 1. The standard InChI is InChI=1S/C12H24O/c1-5-8(2)11-7-6-9(3)12(13)10(11)4/h8-13H,5-7H2,1-4H3. The fraction of sp³-hybridized carbons (Fsp3) is 1.00. The van der Waals surface area contributed by atoms with Crippen LogP contribution >= 0.6 is 0 Å². The van der Waals surface area contributed by atoms with Crippen molar-refractivity contribution in [2.45, 2.75) is 53.1 Å². The fourth-order valence-electron chi connectivity index (χ4n) is 2.77.